The van der Waals surface area contributed by atoms with Gasteiger partial charge in [0.05, 0.1) is 5.25 Å². The Balaban J connectivity index is 1.49. The van der Waals surface area contributed by atoms with Crippen molar-refractivity contribution in [2.75, 3.05) is 6.54 Å². The Kier molecular flexibility index (Phi) is 3.67. The highest BCUT2D eigenvalue weighted by Gasteiger charge is 2.44. The number of aromatic nitrogens is 3. The van der Waals surface area contributed by atoms with Crippen molar-refractivity contribution in [3.8, 4) is 0 Å². The summed E-state index contributed by atoms with van der Waals surface area (Å²) in [7, 11) is 1.92. The van der Waals surface area contributed by atoms with Crippen molar-refractivity contribution in [1.29, 1.82) is 0 Å². The number of amides is 1. The number of rotatable bonds is 3. The van der Waals surface area contributed by atoms with Crippen molar-refractivity contribution in [1.82, 2.24) is 19.7 Å². The molecule has 5 rings (SSSR count). The van der Waals surface area contributed by atoms with E-state index in [1.807, 2.05) is 18.5 Å². The standard InChI is InChI=1S/C16H24N4OS/c1-10(22-16-18-17-9-19(16)2)15(21)20-8-13-4-11-3-12(5-13)7-14(20)6-11/h9-14H,3-8H2,1-2H3. The second kappa shape index (κ2) is 5.55. The van der Waals surface area contributed by atoms with Crippen LogP contribution in [0.4, 0.5) is 0 Å². The highest BCUT2D eigenvalue weighted by atomic mass is 32.2. The zero-order valence-corrected chi connectivity index (χ0v) is 14.1. The van der Waals surface area contributed by atoms with E-state index in [1.54, 1.807) is 6.33 Å². The van der Waals surface area contributed by atoms with Crippen LogP contribution in [0.2, 0.25) is 0 Å². The van der Waals surface area contributed by atoms with Crippen LogP contribution in [0.5, 0.6) is 0 Å². The summed E-state index contributed by atoms with van der Waals surface area (Å²) in [6.07, 6.45) is 8.27. The average molecular weight is 320 g/mol. The smallest absolute Gasteiger partial charge is 0.236 e. The Morgan fingerprint density at radius 1 is 1.23 bits per heavy atom. The van der Waals surface area contributed by atoms with Crippen LogP contribution in [0.3, 0.4) is 0 Å². The highest BCUT2D eigenvalue weighted by molar-refractivity contribution is 8.00. The first-order valence-corrected chi connectivity index (χ1v) is 9.29. The summed E-state index contributed by atoms with van der Waals surface area (Å²) in [5.41, 5.74) is 0. The molecule has 4 aliphatic rings. The molecule has 3 heterocycles. The Labute approximate surface area is 135 Å². The maximum Gasteiger partial charge on any atom is 0.236 e. The molecule has 2 saturated heterocycles. The Morgan fingerprint density at radius 2 is 1.91 bits per heavy atom. The fraction of sp³-hybridized carbons (Fsp3) is 0.812. The van der Waals surface area contributed by atoms with Crippen molar-refractivity contribution >= 4 is 17.7 Å². The maximum absolute atomic E-state index is 13.0. The molecular weight excluding hydrogens is 296 g/mol. The number of nitrogens with zero attached hydrogens (tertiary/aromatic N) is 4. The summed E-state index contributed by atoms with van der Waals surface area (Å²) in [4.78, 5) is 15.2. The van der Waals surface area contributed by atoms with Gasteiger partial charge in [0.15, 0.2) is 5.16 Å². The first-order valence-electron chi connectivity index (χ1n) is 8.41. The predicted octanol–water partition coefficient (Wildman–Crippen LogP) is 2.33. The van der Waals surface area contributed by atoms with E-state index in [1.165, 1.54) is 43.9 Å². The normalized spacial score (nSPS) is 34.7. The number of fused-ring (bicyclic) bond motifs is 1. The molecule has 6 heteroatoms. The molecule has 0 aromatic carbocycles. The molecule has 1 aromatic heterocycles. The van der Waals surface area contributed by atoms with Crippen molar-refractivity contribution in [3.63, 3.8) is 0 Å². The molecular formula is C16H24N4OS. The molecule has 3 atom stereocenters. The van der Waals surface area contributed by atoms with E-state index >= 15 is 0 Å². The molecule has 1 amide bonds. The van der Waals surface area contributed by atoms with E-state index in [9.17, 15) is 4.79 Å². The number of aryl methyl sites for hydroxylation is 1. The summed E-state index contributed by atoms with van der Waals surface area (Å²) >= 11 is 1.53. The van der Waals surface area contributed by atoms with Crippen LogP contribution in [-0.2, 0) is 11.8 Å². The van der Waals surface area contributed by atoms with Gasteiger partial charge in [-0.2, -0.15) is 0 Å². The molecule has 0 radical (unpaired) electrons. The van der Waals surface area contributed by atoms with Gasteiger partial charge in [0.25, 0.3) is 0 Å². The van der Waals surface area contributed by atoms with E-state index in [-0.39, 0.29) is 5.25 Å². The van der Waals surface area contributed by atoms with Crippen LogP contribution < -0.4 is 0 Å². The third-order valence-corrected chi connectivity index (χ3v) is 6.83. The minimum Gasteiger partial charge on any atom is -0.338 e. The molecule has 1 aromatic rings. The Bertz CT molecular complexity index is 560. The molecule has 3 unspecified atom stereocenters. The third-order valence-electron chi connectivity index (χ3n) is 5.69. The van der Waals surface area contributed by atoms with Gasteiger partial charge in [-0.1, -0.05) is 11.8 Å². The van der Waals surface area contributed by atoms with E-state index in [0.29, 0.717) is 11.9 Å². The van der Waals surface area contributed by atoms with Crippen LogP contribution in [0.15, 0.2) is 11.5 Å². The number of carbonyl (C=O) groups is 1. The summed E-state index contributed by atoms with van der Waals surface area (Å²) in [6.45, 7) is 3.00. The van der Waals surface area contributed by atoms with Crippen molar-refractivity contribution in [2.24, 2.45) is 24.8 Å². The molecule has 4 fully saturated rings. The lowest BCUT2D eigenvalue weighted by molar-refractivity contribution is -0.133. The predicted molar refractivity (Wildman–Crippen MR) is 85.4 cm³/mol. The average Bonchev–Trinajstić information content (AvgIpc) is 2.77. The summed E-state index contributed by atoms with van der Waals surface area (Å²) < 4.78 is 1.88. The molecule has 120 valence electrons. The molecule has 2 aliphatic heterocycles. The van der Waals surface area contributed by atoms with Crippen LogP contribution in [0.1, 0.15) is 39.0 Å². The van der Waals surface area contributed by atoms with E-state index in [2.05, 4.69) is 15.1 Å². The quantitative estimate of drug-likeness (QED) is 0.802. The van der Waals surface area contributed by atoms with E-state index in [0.717, 1.165) is 29.5 Å². The fourth-order valence-electron chi connectivity index (χ4n) is 4.88. The topological polar surface area (TPSA) is 51.0 Å². The highest BCUT2D eigenvalue weighted by Crippen LogP contribution is 2.47. The monoisotopic (exact) mass is 320 g/mol. The van der Waals surface area contributed by atoms with Crippen LogP contribution in [0.25, 0.3) is 0 Å². The Morgan fingerprint density at radius 3 is 2.55 bits per heavy atom. The van der Waals surface area contributed by atoms with Crippen LogP contribution in [0, 0.1) is 17.8 Å². The number of carbonyl (C=O) groups excluding carboxylic acids is 1. The third kappa shape index (κ3) is 2.55. The largest absolute Gasteiger partial charge is 0.338 e. The number of thioether (sulfide) groups is 1. The van der Waals surface area contributed by atoms with E-state index in [4.69, 9.17) is 0 Å². The van der Waals surface area contributed by atoms with Gasteiger partial charge in [-0.25, -0.2) is 0 Å². The summed E-state index contributed by atoms with van der Waals surface area (Å²) in [5, 5.41) is 8.73. The fourth-order valence-corrected chi connectivity index (χ4v) is 5.74. The lowest BCUT2D eigenvalue weighted by atomic mass is 9.68. The molecule has 5 nitrogen and oxygen atoms in total. The molecule has 4 bridgehead atoms. The van der Waals surface area contributed by atoms with Crippen molar-refractivity contribution < 1.29 is 4.79 Å². The SMILES string of the molecule is CC(Sc1nncn1C)C(=O)N1CC2CC3CC(C2)CC1C3. The summed E-state index contributed by atoms with van der Waals surface area (Å²) in [6, 6.07) is 0.492. The lowest BCUT2D eigenvalue weighted by Gasteiger charge is -2.39. The van der Waals surface area contributed by atoms with Crippen LogP contribution in [-0.4, -0.2) is 43.4 Å². The minimum absolute atomic E-state index is 0.0847. The second-order valence-electron chi connectivity index (χ2n) is 7.41. The van der Waals surface area contributed by atoms with Gasteiger partial charge >= 0.3 is 0 Å². The van der Waals surface area contributed by atoms with Crippen molar-refractivity contribution in [2.45, 2.75) is 55.5 Å². The molecule has 2 saturated carbocycles. The molecule has 2 aliphatic carbocycles. The minimum atomic E-state index is -0.0847. The molecule has 0 N–H and O–H groups in total. The molecule has 22 heavy (non-hydrogen) atoms. The first-order chi connectivity index (χ1) is 10.6. The molecule has 0 spiro atoms. The van der Waals surface area contributed by atoms with Gasteiger partial charge in [-0.15, -0.1) is 10.2 Å². The first kappa shape index (κ1) is 14.5. The van der Waals surface area contributed by atoms with Gasteiger partial charge in [0, 0.05) is 19.6 Å². The number of hydrogen-bond acceptors (Lipinski definition) is 4. The van der Waals surface area contributed by atoms with Gasteiger partial charge in [-0.05, 0) is 56.8 Å². The maximum atomic E-state index is 13.0. The van der Waals surface area contributed by atoms with Gasteiger partial charge in [0.1, 0.15) is 6.33 Å². The second-order valence-corrected chi connectivity index (χ2v) is 8.71. The van der Waals surface area contributed by atoms with Crippen molar-refractivity contribution in [3.05, 3.63) is 6.33 Å². The lowest BCUT2D eigenvalue weighted by Crippen LogP contribution is -2.45. The van der Waals surface area contributed by atoms with Gasteiger partial charge in [0.2, 0.25) is 5.91 Å². The zero-order valence-electron chi connectivity index (χ0n) is 13.3. The van der Waals surface area contributed by atoms with Gasteiger partial charge < -0.3 is 9.47 Å². The number of hydrogen-bond donors (Lipinski definition) is 0. The van der Waals surface area contributed by atoms with Gasteiger partial charge in [-0.3, -0.25) is 4.79 Å². The van der Waals surface area contributed by atoms with E-state index < -0.39 is 0 Å². The zero-order chi connectivity index (χ0) is 15.3. The van der Waals surface area contributed by atoms with Crippen LogP contribution >= 0.6 is 11.8 Å². The summed E-state index contributed by atoms with van der Waals surface area (Å²) in [5.74, 6) is 2.79. The Hall–Kier alpha value is -1.04.